The second-order valence-electron chi connectivity index (χ2n) is 4.49. The number of nitrogens with two attached hydrogens (primary N) is 1. The maximum Gasteiger partial charge on any atom is 0.255 e. The van der Waals surface area contributed by atoms with Crippen molar-refractivity contribution in [1.29, 1.82) is 0 Å². The lowest BCUT2D eigenvalue weighted by molar-refractivity contribution is -0.119. The smallest absolute Gasteiger partial charge is 0.255 e. The highest BCUT2D eigenvalue weighted by atomic mass is 35.5. The van der Waals surface area contributed by atoms with Gasteiger partial charge in [0.1, 0.15) is 5.75 Å². The van der Waals surface area contributed by atoms with Gasteiger partial charge in [0.05, 0.1) is 0 Å². The van der Waals surface area contributed by atoms with Gasteiger partial charge in [-0.2, -0.15) is 0 Å². The summed E-state index contributed by atoms with van der Waals surface area (Å²) in [5, 5.41) is 3.93. The molecule has 0 bridgehead atoms. The number of amides is 1. The van der Waals surface area contributed by atoms with E-state index in [0.29, 0.717) is 17.3 Å². The van der Waals surface area contributed by atoms with E-state index in [1.165, 1.54) is 0 Å². The van der Waals surface area contributed by atoms with Crippen molar-refractivity contribution in [3.8, 4) is 5.75 Å². The summed E-state index contributed by atoms with van der Waals surface area (Å²) in [7, 11) is 4.03. The number of halogens is 1. The monoisotopic (exact) mass is 285 g/mol. The van der Waals surface area contributed by atoms with Gasteiger partial charge in [0.2, 0.25) is 0 Å². The molecular formula is C13H20ClN3O2. The summed E-state index contributed by atoms with van der Waals surface area (Å²) in [6.07, 6.45) is 0. The SMILES string of the molecule is CN(C)CCNCc1cc(Cl)ccc1OCC(N)=O. The number of primary amides is 1. The molecule has 0 saturated heterocycles. The maximum atomic E-state index is 10.7. The van der Waals surface area contributed by atoms with Gasteiger partial charge in [-0.3, -0.25) is 4.79 Å². The zero-order valence-corrected chi connectivity index (χ0v) is 12.0. The average Bonchev–Trinajstić information content (AvgIpc) is 2.33. The number of likely N-dealkylation sites (N-methyl/N-ethyl adjacent to an activating group) is 1. The molecule has 1 amide bonds. The number of carbonyl (C=O) groups is 1. The van der Waals surface area contributed by atoms with Crippen LogP contribution in [0.15, 0.2) is 18.2 Å². The molecule has 5 nitrogen and oxygen atoms in total. The molecule has 0 radical (unpaired) electrons. The Bertz CT molecular complexity index is 424. The van der Waals surface area contributed by atoms with E-state index in [1.807, 2.05) is 20.2 Å². The summed E-state index contributed by atoms with van der Waals surface area (Å²) >= 11 is 5.96. The molecule has 3 N–H and O–H groups in total. The van der Waals surface area contributed by atoms with Crippen molar-refractivity contribution in [2.24, 2.45) is 5.73 Å². The Labute approximate surface area is 118 Å². The van der Waals surface area contributed by atoms with Crippen LogP contribution in [-0.4, -0.2) is 44.6 Å². The summed E-state index contributed by atoms with van der Waals surface area (Å²) in [5.41, 5.74) is 5.97. The van der Waals surface area contributed by atoms with Crippen LogP contribution in [0.4, 0.5) is 0 Å². The van der Waals surface area contributed by atoms with Gasteiger partial charge in [0, 0.05) is 30.2 Å². The normalized spacial score (nSPS) is 10.7. The summed E-state index contributed by atoms with van der Waals surface area (Å²) in [6.45, 7) is 2.29. The lowest BCUT2D eigenvalue weighted by Crippen LogP contribution is -2.26. The first-order valence-electron chi connectivity index (χ1n) is 6.04. The van der Waals surface area contributed by atoms with E-state index in [0.717, 1.165) is 18.7 Å². The Morgan fingerprint density at radius 3 is 2.84 bits per heavy atom. The van der Waals surface area contributed by atoms with Crippen molar-refractivity contribution in [1.82, 2.24) is 10.2 Å². The molecular weight excluding hydrogens is 266 g/mol. The van der Waals surface area contributed by atoms with Gasteiger partial charge in [0.15, 0.2) is 6.61 Å². The zero-order chi connectivity index (χ0) is 14.3. The van der Waals surface area contributed by atoms with Gasteiger partial charge < -0.3 is 20.7 Å². The lowest BCUT2D eigenvalue weighted by Gasteiger charge is -2.13. The Morgan fingerprint density at radius 1 is 1.47 bits per heavy atom. The van der Waals surface area contributed by atoms with E-state index in [2.05, 4.69) is 10.2 Å². The number of hydrogen-bond acceptors (Lipinski definition) is 4. The zero-order valence-electron chi connectivity index (χ0n) is 11.3. The minimum absolute atomic E-state index is 0.133. The van der Waals surface area contributed by atoms with Gasteiger partial charge in [-0.1, -0.05) is 11.6 Å². The van der Waals surface area contributed by atoms with Crippen LogP contribution in [0.5, 0.6) is 5.75 Å². The van der Waals surface area contributed by atoms with Crippen molar-refractivity contribution >= 4 is 17.5 Å². The molecule has 1 rings (SSSR count). The molecule has 19 heavy (non-hydrogen) atoms. The molecule has 0 unspecified atom stereocenters. The van der Waals surface area contributed by atoms with E-state index in [1.54, 1.807) is 12.1 Å². The molecule has 0 aliphatic carbocycles. The van der Waals surface area contributed by atoms with Crippen LogP contribution in [0, 0.1) is 0 Å². The standard InChI is InChI=1S/C13H20ClN3O2/c1-17(2)6-5-16-8-10-7-11(14)3-4-12(10)19-9-13(15)18/h3-4,7,16H,5-6,8-9H2,1-2H3,(H2,15,18). The summed E-state index contributed by atoms with van der Waals surface area (Å²) in [4.78, 5) is 12.8. The van der Waals surface area contributed by atoms with Crippen molar-refractivity contribution < 1.29 is 9.53 Å². The molecule has 0 fully saturated rings. The molecule has 0 heterocycles. The predicted octanol–water partition coefficient (Wildman–Crippen LogP) is 0.855. The van der Waals surface area contributed by atoms with Crippen molar-refractivity contribution in [3.63, 3.8) is 0 Å². The molecule has 1 aromatic carbocycles. The molecule has 1 aromatic rings. The predicted molar refractivity (Wildman–Crippen MR) is 76.4 cm³/mol. The Kier molecular flexibility index (Phi) is 6.62. The molecule has 0 atom stereocenters. The topological polar surface area (TPSA) is 67.6 Å². The van der Waals surface area contributed by atoms with E-state index >= 15 is 0 Å². The number of carbonyl (C=O) groups excluding carboxylic acids is 1. The minimum atomic E-state index is -0.499. The molecule has 0 aliphatic heterocycles. The van der Waals surface area contributed by atoms with Crippen LogP contribution in [0.1, 0.15) is 5.56 Å². The highest BCUT2D eigenvalue weighted by Crippen LogP contribution is 2.22. The van der Waals surface area contributed by atoms with Crippen LogP contribution >= 0.6 is 11.6 Å². The van der Waals surface area contributed by atoms with Gasteiger partial charge in [0.25, 0.3) is 5.91 Å². The van der Waals surface area contributed by atoms with Crippen LogP contribution in [-0.2, 0) is 11.3 Å². The summed E-state index contributed by atoms with van der Waals surface area (Å²) in [6, 6.07) is 5.29. The first-order valence-corrected chi connectivity index (χ1v) is 6.42. The van der Waals surface area contributed by atoms with E-state index in [-0.39, 0.29) is 6.61 Å². The van der Waals surface area contributed by atoms with E-state index < -0.39 is 5.91 Å². The van der Waals surface area contributed by atoms with Crippen LogP contribution in [0.3, 0.4) is 0 Å². The van der Waals surface area contributed by atoms with Crippen LogP contribution in [0.25, 0.3) is 0 Å². The van der Waals surface area contributed by atoms with Crippen molar-refractivity contribution in [3.05, 3.63) is 28.8 Å². The minimum Gasteiger partial charge on any atom is -0.483 e. The fourth-order valence-corrected chi connectivity index (χ4v) is 1.70. The number of rotatable bonds is 8. The van der Waals surface area contributed by atoms with E-state index in [9.17, 15) is 4.79 Å². The summed E-state index contributed by atoms with van der Waals surface area (Å²) < 4.78 is 5.35. The van der Waals surface area contributed by atoms with Gasteiger partial charge in [-0.15, -0.1) is 0 Å². The fraction of sp³-hybridized carbons (Fsp3) is 0.462. The first-order chi connectivity index (χ1) is 8.99. The van der Waals surface area contributed by atoms with Crippen LogP contribution < -0.4 is 15.8 Å². The second-order valence-corrected chi connectivity index (χ2v) is 4.92. The quantitative estimate of drug-likeness (QED) is 0.695. The second kappa shape index (κ2) is 7.99. The molecule has 6 heteroatoms. The van der Waals surface area contributed by atoms with Gasteiger partial charge >= 0.3 is 0 Å². The number of nitrogens with zero attached hydrogens (tertiary/aromatic N) is 1. The largest absolute Gasteiger partial charge is 0.483 e. The molecule has 0 spiro atoms. The molecule has 106 valence electrons. The third-order valence-electron chi connectivity index (χ3n) is 2.44. The highest BCUT2D eigenvalue weighted by Gasteiger charge is 2.06. The number of ether oxygens (including phenoxy) is 1. The van der Waals surface area contributed by atoms with Crippen molar-refractivity contribution in [2.45, 2.75) is 6.54 Å². The number of nitrogens with one attached hydrogen (secondary N) is 1. The highest BCUT2D eigenvalue weighted by molar-refractivity contribution is 6.30. The third-order valence-corrected chi connectivity index (χ3v) is 2.68. The van der Waals surface area contributed by atoms with Crippen molar-refractivity contribution in [2.75, 3.05) is 33.8 Å². The lowest BCUT2D eigenvalue weighted by atomic mass is 10.2. The van der Waals surface area contributed by atoms with E-state index in [4.69, 9.17) is 22.1 Å². The molecule has 0 aliphatic rings. The Hall–Kier alpha value is -1.30. The number of hydrogen-bond donors (Lipinski definition) is 2. The summed E-state index contributed by atoms with van der Waals surface area (Å²) in [5.74, 6) is 0.127. The maximum absolute atomic E-state index is 10.7. The van der Waals surface area contributed by atoms with Gasteiger partial charge in [-0.05, 0) is 32.3 Å². The third kappa shape index (κ3) is 6.42. The van der Waals surface area contributed by atoms with Crippen LogP contribution in [0.2, 0.25) is 5.02 Å². The molecule has 0 aromatic heterocycles. The number of benzene rings is 1. The molecule has 0 saturated carbocycles. The first kappa shape index (κ1) is 15.8. The Balaban J connectivity index is 2.58. The van der Waals surface area contributed by atoms with Gasteiger partial charge in [-0.25, -0.2) is 0 Å². The fourth-order valence-electron chi connectivity index (χ4n) is 1.50. The average molecular weight is 286 g/mol. The Morgan fingerprint density at radius 2 is 2.21 bits per heavy atom.